The van der Waals surface area contributed by atoms with Crippen molar-refractivity contribution < 1.29 is 9.69 Å². The fraction of sp³-hybridized carbons (Fsp3) is 0.250. The molecule has 2 aromatic carbocycles. The van der Waals surface area contributed by atoms with Crippen molar-refractivity contribution in [2.24, 2.45) is 0 Å². The summed E-state index contributed by atoms with van der Waals surface area (Å²) >= 11 is 3.35. The lowest BCUT2D eigenvalue weighted by molar-refractivity contribution is -0.885. The van der Waals surface area contributed by atoms with Crippen LogP contribution in [0.5, 0.6) is 0 Å². The number of carbonyl (C=O) groups excluding carboxylic acids is 1. The van der Waals surface area contributed by atoms with E-state index in [1.165, 1.54) is 4.70 Å². The molecule has 1 N–H and O–H groups in total. The lowest BCUT2D eigenvalue weighted by Gasteiger charge is -2.18. The molecule has 2 aromatic heterocycles. The van der Waals surface area contributed by atoms with Gasteiger partial charge in [0.1, 0.15) is 16.6 Å². The van der Waals surface area contributed by atoms with Crippen molar-refractivity contribution in [2.45, 2.75) is 13.1 Å². The molecule has 138 valence electrons. The van der Waals surface area contributed by atoms with E-state index in [2.05, 4.69) is 22.1 Å². The number of aromatic nitrogens is 2. The molecule has 1 amide bonds. The largest absolute Gasteiger partial charge is 0.334 e. The Morgan fingerprint density at radius 1 is 0.963 bits per heavy atom. The summed E-state index contributed by atoms with van der Waals surface area (Å²) in [6.45, 7) is 1.74. The first-order chi connectivity index (χ1) is 13.1. The van der Waals surface area contributed by atoms with Gasteiger partial charge in [-0.2, -0.15) is 0 Å². The average Bonchev–Trinajstić information content (AvgIpc) is 3.23. The molecule has 1 atom stereocenters. The van der Waals surface area contributed by atoms with Crippen LogP contribution in [0.25, 0.3) is 20.4 Å². The van der Waals surface area contributed by atoms with Crippen molar-refractivity contribution in [3.05, 3.63) is 58.5 Å². The molecule has 0 saturated heterocycles. The SMILES string of the molecule is CN(Cc1nc2ccccc2s1)C(=O)C[NH+](C)Cc1nc2ccccc2s1. The number of fused-ring (bicyclic) bond motifs is 2. The summed E-state index contributed by atoms with van der Waals surface area (Å²) in [5.41, 5.74) is 2.03. The van der Waals surface area contributed by atoms with Crippen molar-refractivity contribution in [3.8, 4) is 0 Å². The Morgan fingerprint density at radius 2 is 1.52 bits per heavy atom. The zero-order valence-corrected chi connectivity index (χ0v) is 16.9. The van der Waals surface area contributed by atoms with Gasteiger partial charge in [-0.15, -0.1) is 22.7 Å². The predicted octanol–water partition coefficient (Wildman–Crippen LogP) is 2.58. The van der Waals surface area contributed by atoms with Gasteiger partial charge in [0.05, 0.1) is 34.0 Å². The van der Waals surface area contributed by atoms with Crippen LogP contribution in [0.1, 0.15) is 10.0 Å². The van der Waals surface area contributed by atoms with E-state index in [4.69, 9.17) is 0 Å². The highest BCUT2D eigenvalue weighted by Crippen LogP contribution is 2.22. The number of carbonyl (C=O) groups is 1. The summed E-state index contributed by atoms with van der Waals surface area (Å²) in [6.07, 6.45) is 0. The maximum atomic E-state index is 12.6. The Labute approximate surface area is 165 Å². The van der Waals surface area contributed by atoms with Crippen LogP contribution < -0.4 is 4.90 Å². The minimum absolute atomic E-state index is 0.118. The number of hydrogen-bond donors (Lipinski definition) is 1. The molecule has 4 aromatic rings. The molecule has 1 unspecified atom stereocenters. The van der Waals surface area contributed by atoms with Gasteiger partial charge in [-0.3, -0.25) is 4.79 Å². The van der Waals surface area contributed by atoms with E-state index in [-0.39, 0.29) is 5.91 Å². The van der Waals surface area contributed by atoms with E-state index in [1.54, 1.807) is 27.6 Å². The molecular weight excluding hydrogens is 376 g/mol. The number of rotatable bonds is 6. The number of nitrogens with one attached hydrogen (secondary N) is 1. The number of quaternary nitrogens is 1. The molecule has 0 fully saturated rings. The first-order valence-electron chi connectivity index (χ1n) is 8.82. The molecule has 27 heavy (non-hydrogen) atoms. The van der Waals surface area contributed by atoms with Crippen LogP contribution in [-0.4, -0.2) is 41.4 Å². The number of nitrogens with zero attached hydrogens (tertiary/aromatic N) is 3. The second kappa shape index (κ2) is 7.72. The normalized spacial score (nSPS) is 12.5. The summed E-state index contributed by atoms with van der Waals surface area (Å²) in [7, 11) is 3.88. The second-order valence-electron chi connectivity index (χ2n) is 6.71. The lowest BCUT2D eigenvalue weighted by Crippen LogP contribution is -3.08. The zero-order valence-electron chi connectivity index (χ0n) is 15.3. The molecule has 0 radical (unpaired) electrons. The molecule has 0 aliphatic rings. The Bertz CT molecular complexity index is 1020. The maximum Gasteiger partial charge on any atom is 0.277 e. The highest BCUT2D eigenvalue weighted by molar-refractivity contribution is 7.18. The van der Waals surface area contributed by atoms with E-state index in [9.17, 15) is 4.79 Å². The van der Waals surface area contributed by atoms with Crippen molar-refractivity contribution in [2.75, 3.05) is 20.6 Å². The highest BCUT2D eigenvalue weighted by Gasteiger charge is 2.18. The Hall–Kier alpha value is -2.35. The molecule has 2 heterocycles. The van der Waals surface area contributed by atoms with Gasteiger partial charge in [0.15, 0.2) is 6.54 Å². The van der Waals surface area contributed by atoms with Crippen LogP contribution in [0.15, 0.2) is 48.5 Å². The van der Waals surface area contributed by atoms with Crippen LogP contribution in [0.3, 0.4) is 0 Å². The number of hydrogen-bond acceptors (Lipinski definition) is 5. The maximum absolute atomic E-state index is 12.6. The fourth-order valence-electron chi connectivity index (χ4n) is 2.99. The number of para-hydroxylation sites is 2. The van der Waals surface area contributed by atoms with Gasteiger partial charge in [-0.25, -0.2) is 9.97 Å². The Kier molecular flexibility index (Phi) is 5.15. The summed E-state index contributed by atoms with van der Waals surface area (Å²) in [5, 5.41) is 2.03. The third-order valence-electron chi connectivity index (χ3n) is 4.38. The molecular formula is C20H21N4OS2+. The Balaban J connectivity index is 1.35. The fourth-order valence-corrected chi connectivity index (χ4v) is 5.09. The van der Waals surface area contributed by atoms with Crippen LogP contribution in [-0.2, 0) is 17.9 Å². The third kappa shape index (κ3) is 4.16. The monoisotopic (exact) mass is 397 g/mol. The van der Waals surface area contributed by atoms with Crippen molar-refractivity contribution >= 4 is 49.0 Å². The Morgan fingerprint density at radius 3 is 2.15 bits per heavy atom. The summed E-state index contributed by atoms with van der Waals surface area (Å²) in [6, 6.07) is 16.2. The summed E-state index contributed by atoms with van der Waals surface area (Å²) < 4.78 is 2.35. The summed E-state index contributed by atoms with van der Waals surface area (Å²) in [4.78, 5) is 24.8. The lowest BCUT2D eigenvalue weighted by atomic mass is 10.3. The molecule has 0 aliphatic heterocycles. The summed E-state index contributed by atoms with van der Waals surface area (Å²) in [5.74, 6) is 0.118. The topological polar surface area (TPSA) is 50.5 Å². The molecule has 7 heteroatoms. The first-order valence-corrected chi connectivity index (χ1v) is 10.5. The van der Waals surface area contributed by atoms with Crippen molar-refractivity contribution in [1.29, 1.82) is 0 Å². The van der Waals surface area contributed by atoms with E-state index in [0.717, 1.165) is 37.2 Å². The highest BCUT2D eigenvalue weighted by atomic mass is 32.1. The van der Waals surface area contributed by atoms with Gasteiger partial charge in [0, 0.05) is 7.05 Å². The molecule has 5 nitrogen and oxygen atoms in total. The van der Waals surface area contributed by atoms with Crippen LogP contribution in [0.4, 0.5) is 0 Å². The van der Waals surface area contributed by atoms with Gasteiger partial charge < -0.3 is 9.80 Å². The third-order valence-corrected chi connectivity index (χ3v) is 6.44. The van der Waals surface area contributed by atoms with E-state index in [0.29, 0.717) is 13.1 Å². The molecule has 4 rings (SSSR count). The molecule has 0 spiro atoms. The van der Waals surface area contributed by atoms with E-state index in [1.807, 2.05) is 50.5 Å². The number of benzene rings is 2. The van der Waals surface area contributed by atoms with E-state index < -0.39 is 0 Å². The predicted molar refractivity (Wildman–Crippen MR) is 111 cm³/mol. The van der Waals surface area contributed by atoms with E-state index >= 15 is 0 Å². The van der Waals surface area contributed by atoms with Gasteiger partial charge in [-0.05, 0) is 24.3 Å². The molecule has 0 saturated carbocycles. The van der Waals surface area contributed by atoms with Crippen molar-refractivity contribution in [1.82, 2.24) is 14.9 Å². The number of likely N-dealkylation sites (N-methyl/N-ethyl adjacent to an activating group) is 2. The quantitative estimate of drug-likeness (QED) is 0.544. The molecule has 0 bridgehead atoms. The van der Waals surface area contributed by atoms with Gasteiger partial charge in [0.25, 0.3) is 5.91 Å². The average molecular weight is 398 g/mol. The van der Waals surface area contributed by atoms with Crippen LogP contribution in [0.2, 0.25) is 0 Å². The van der Waals surface area contributed by atoms with Crippen LogP contribution in [0, 0.1) is 0 Å². The van der Waals surface area contributed by atoms with Crippen molar-refractivity contribution in [3.63, 3.8) is 0 Å². The number of amides is 1. The van der Waals surface area contributed by atoms with Crippen LogP contribution >= 0.6 is 22.7 Å². The zero-order chi connectivity index (χ0) is 18.8. The number of thiazole rings is 2. The van der Waals surface area contributed by atoms with Gasteiger partial charge >= 0.3 is 0 Å². The minimum Gasteiger partial charge on any atom is -0.334 e. The van der Waals surface area contributed by atoms with Gasteiger partial charge in [-0.1, -0.05) is 24.3 Å². The first kappa shape index (κ1) is 18.0. The van der Waals surface area contributed by atoms with Gasteiger partial charge in [0.2, 0.25) is 0 Å². The second-order valence-corrected chi connectivity index (χ2v) is 8.94. The smallest absolute Gasteiger partial charge is 0.277 e. The minimum atomic E-state index is 0.118. The molecule has 0 aliphatic carbocycles. The standard InChI is InChI=1S/C20H20N4OS2/c1-23(11-18-21-14-7-3-5-9-16(14)26-18)13-20(25)24(2)12-19-22-15-8-4-6-10-17(15)27-19/h3-10H,11-13H2,1-2H3/p+1.